The van der Waals surface area contributed by atoms with Crippen molar-refractivity contribution in [1.82, 2.24) is 19.9 Å². The molecule has 0 aliphatic rings. The highest BCUT2D eigenvalue weighted by molar-refractivity contribution is 5.74. The molecule has 0 spiro atoms. The van der Waals surface area contributed by atoms with Gasteiger partial charge in [0.2, 0.25) is 0 Å². The van der Waals surface area contributed by atoms with E-state index in [0.717, 1.165) is 37.2 Å². The molecule has 2 aromatic heterocycles. The van der Waals surface area contributed by atoms with Crippen molar-refractivity contribution in [3.63, 3.8) is 0 Å². The van der Waals surface area contributed by atoms with Gasteiger partial charge in [0.15, 0.2) is 5.96 Å². The van der Waals surface area contributed by atoms with E-state index in [1.54, 1.807) is 6.33 Å². The van der Waals surface area contributed by atoms with Crippen LogP contribution in [0.1, 0.15) is 41.3 Å². The summed E-state index contributed by atoms with van der Waals surface area (Å²) < 4.78 is 0. The fraction of sp³-hybridized carbons (Fsp3) is 0.318. The largest absolute Gasteiger partial charge is 0.370 e. The number of aromatic nitrogens is 3. The molecule has 0 aliphatic heterocycles. The number of benzene rings is 1. The average Bonchev–Trinajstić information content (AvgIpc) is 3.22. The van der Waals surface area contributed by atoms with Gasteiger partial charge in [-0.2, -0.15) is 0 Å². The number of imidazole rings is 1. The van der Waals surface area contributed by atoms with E-state index in [1.807, 2.05) is 29.4 Å². The molecule has 6 heteroatoms. The summed E-state index contributed by atoms with van der Waals surface area (Å²) in [7, 11) is 0. The van der Waals surface area contributed by atoms with Crippen LogP contribution in [-0.2, 0) is 6.42 Å². The van der Waals surface area contributed by atoms with E-state index in [9.17, 15) is 0 Å². The minimum Gasteiger partial charge on any atom is -0.370 e. The normalized spacial score (nSPS) is 11.9. The zero-order valence-corrected chi connectivity index (χ0v) is 16.3. The van der Waals surface area contributed by atoms with Crippen molar-refractivity contribution in [3.8, 4) is 0 Å². The number of rotatable bonds is 9. The van der Waals surface area contributed by atoms with Gasteiger partial charge in [-0.05, 0) is 43.9 Å². The summed E-state index contributed by atoms with van der Waals surface area (Å²) in [6.07, 6.45) is 8.03. The van der Waals surface area contributed by atoms with E-state index in [4.69, 9.17) is 11.1 Å². The lowest BCUT2D eigenvalue weighted by molar-refractivity contribution is 0.386. The van der Waals surface area contributed by atoms with Gasteiger partial charge in [0, 0.05) is 42.8 Å². The third kappa shape index (κ3) is 5.42. The summed E-state index contributed by atoms with van der Waals surface area (Å²) >= 11 is 0. The summed E-state index contributed by atoms with van der Waals surface area (Å²) in [6.45, 7) is 3.56. The number of nitrogens with zero attached hydrogens (tertiary/aromatic N) is 3. The van der Waals surface area contributed by atoms with E-state index < -0.39 is 0 Å². The maximum atomic E-state index is 7.95. The summed E-state index contributed by atoms with van der Waals surface area (Å²) in [5, 5.41) is 7.95. The first-order valence-corrected chi connectivity index (χ1v) is 9.67. The Morgan fingerprint density at radius 1 is 1.18 bits per heavy atom. The maximum absolute atomic E-state index is 7.95. The Morgan fingerprint density at radius 2 is 2.00 bits per heavy atom. The van der Waals surface area contributed by atoms with Gasteiger partial charge in [0.25, 0.3) is 0 Å². The maximum Gasteiger partial charge on any atom is 0.188 e. The van der Waals surface area contributed by atoms with Crippen LogP contribution in [0.15, 0.2) is 61.2 Å². The van der Waals surface area contributed by atoms with Crippen molar-refractivity contribution in [1.29, 1.82) is 5.41 Å². The predicted octanol–water partition coefficient (Wildman–Crippen LogP) is 3.46. The van der Waals surface area contributed by atoms with Crippen molar-refractivity contribution in [2.24, 2.45) is 5.73 Å². The van der Waals surface area contributed by atoms with Crippen molar-refractivity contribution < 1.29 is 0 Å². The molecule has 0 amide bonds. The third-order valence-electron chi connectivity index (χ3n) is 4.98. The molecular weight excluding hydrogens is 348 g/mol. The molecule has 1 unspecified atom stereocenters. The molecule has 0 saturated heterocycles. The monoisotopic (exact) mass is 376 g/mol. The average molecular weight is 377 g/mol. The topological polar surface area (TPSA) is 94.7 Å². The fourth-order valence-corrected chi connectivity index (χ4v) is 3.39. The van der Waals surface area contributed by atoms with Crippen LogP contribution in [0.25, 0.3) is 0 Å². The molecule has 2 heterocycles. The molecular formula is C22H28N6. The number of guanidine groups is 1. The first-order chi connectivity index (χ1) is 13.6. The highest BCUT2D eigenvalue weighted by Crippen LogP contribution is 2.27. The van der Waals surface area contributed by atoms with Crippen molar-refractivity contribution >= 4 is 5.96 Å². The van der Waals surface area contributed by atoms with Crippen molar-refractivity contribution in [2.75, 3.05) is 13.1 Å². The van der Waals surface area contributed by atoms with Crippen LogP contribution in [0.2, 0.25) is 0 Å². The quantitative estimate of drug-likeness (QED) is 0.394. The van der Waals surface area contributed by atoms with Crippen LogP contribution in [-0.4, -0.2) is 38.9 Å². The molecule has 0 saturated carbocycles. The fourth-order valence-electron chi connectivity index (χ4n) is 3.39. The molecule has 4 N–H and O–H groups in total. The van der Waals surface area contributed by atoms with Gasteiger partial charge in [0.1, 0.15) is 0 Å². The second kappa shape index (κ2) is 9.69. The van der Waals surface area contributed by atoms with Crippen LogP contribution in [0.3, 0.4) is 0 Å². The predicted molar refractivity (Wildman–Crippen MR) is 112 cm³/mol. The van der Waals surface area contributed by atoms with E-state index in [-0.39, 0.29) is 11.9 Å². The Kier molecular flexibility index (Phi) is 6.78. The lowest BCUT2D eigenvalue weighted by atomic mass is 9.91. The highest BCUT2D eigenvalue weighted by atomic mass is 15.2. The minimum atomic E-state index is 0.119. The van der Waals surface area contributed by atoms with Crippen molar-refractivity contribution in [3.05, 3.63) is 83.7 Å². The lowest BCUT2D eigenvalue weighted by Gasteiger charge is -2.25. The zero-order valence-electron chi connectivity index (χ0n) is 16.3. The van der Waals surface area contributed by atoms with Crippen LogP contribution >= 0.6 is 0 Å². The highest BCUT2D eigenvalue weighted by Gasteiger charge is 2.18. The Morgan fingerprint density at radius 3 is 2.64 bits per heavy atom. The van der Waals surface area contributed by atoms with E-state index in [1.165, 1.54) is 11.1 Å². The van der Waals surface area contributed by atoms with Gasteiger partial charge >= 0.3 is 0 Å². The molecule has 6 nitrogen and oxygen atoms in total. The van der Waals surface area contributed by atoms with Crippen LogP contribution in [0.5, 0.6) is 0 Å². The summed E-state index contributed by atoms with van der Waals surface area (Å²) in [5.74, 6) is 0.296. The SMILES string of the molecule is Cc1ccc(C(CCN(CCCc2cnc[nH]2)C(=N)N)c2ccccn2)cc1. The number of hydrogen-bond donors (Lipinski definition) is 3. The Hall–Kier alpha value is -3.15. The van der Waals surface area contributed by atoms with Crippen LogP contribution in [0.4, 0.5) is 0 Å². The Bertz CT molecular complexity index is 843. The second-order valence-corrected chi connectivity index (χ2v) is 7.06. The minimum absolute atomic E-state index is 0.119. The summed E-state index contributed by atoms with van der Waals surface area (Å²) in [6, 6.07) is 14.7. The smallest absolute Gasteiger partial charge is 0.188 e. The number of pyridine rings is 1. The molecule has 3 aromatic rings. The molecule has 0 radical (unpaired) electrons. The lowest BCUT2D eigenvalue weighted by Crippen LogP contribution is -2.38. The van der Waals surface area contributed by atoms with E-state index >= 15 is 0 Å². The number of hydrogen-bond acceptors (Lipinski definition) is 3. The third-order valence-corrected chi connectivity index (χ3v) is 4.98. The van der Waals surface area contributed by atoms with Gasteiger partial charge in [0.05, 0.1) is 6.33 Å². The molecule has 28 heavy (non-hydrogen) atoms. The molecule has 146 valence electrons. The molecule has 3 rings (SSSR count). The summed E-state index contributed by atoms with van der Waals surface area (Å²) in [4.78, 5) is 13.7. The van der Waals surface area contributed by atoms with Gasteiger partial charge in [-0.15, -0.1) is 0 Å². The zero-order chi connectivity index (χ0) is 19.8. The van der Waals surface area contributed by atoms with Crippen molar-refractivity contribution in [2.45, 2.75) is 32.1 Å². The molecule has 0 fully saturated rings. The van der Waals surface area contributed by atoms with Crippen LogP contribution < -0.4 is 5.73 Å². The number of nitrogens with two attached hydrogens (primary N) is 1. The first kappa shape index (κ1) is 19.6. The number of nitrogens with one attached hydrogen (secondary N) is 2. The second-order valence-electron chi connectivity index (χ2n) is 7.06. The number of aromatic amines is 1. The Labute approximate surface area is 166 Å². The molecule has 0 bridgehead atoms. The Balaban J connectivity index is 1.66. The standard InChI is InChI=1S/C22H28N6/c1-17-7-9-18(10-8-17)20(21-6-2-3-12-26-21)11-14-28(22(23)24)13-4-5-19-15-25-16-27-19/h2-3,6-10,12,15-16,20H,4-5,11,13-14H2,1H3,(H3,23,24)(H,25,27). The first-order valence-electron chi connectivity index (χ1n) is 9.67. The molecule has 1 aromatic carbocycles. The van der Waals surface area contributed by atoms with Gasteiger partial charge in [-0.3, -0.25) is 10.4 Å². The van der Waals surface area contributed by atoms with Gasteiger partial charge in [-0.25, -0.2) is 4.98 Å². The summed E-state index contributed by atoms with van der Waals surface area (Å²) in [5.41, 5.74) is 10.5. The van der Waals surface area contributed by atoms with Gasteiger partial charge < -0.3 is 15.6 Å². The molecule has 1 atom stereocenters. The van der Waals surface area contributed by atoms with Crippen LogP contribution in [0, 0.1) is 12.3 Å². The molecule has 0 aliphatic carbocycles. The van der Waals surface area contributed by atoms with E-state index in [2.05, 4.69) is 52.2 Å². The number of aryl methyl sites for hydroxylation is 2. The number of H-pyrrole nitrogens is 1. The van der Waals surface area contributed by atoms with Gasteiger partial charge in [-0.1, -0.05) is 35.9 Å². The van der Waals surface area contributed by atoms with E-state index in [0.29, 0.717) is 6.54 Å².